The van der Waals surface area contributed by atoms with Gasteiger partial charge in [0.05, 0.1) is 0 Å². The standard InChI is InChI=1S/C8H7BrN2/c9-5-4-11-7-3-1-2-6(10)8(5)7/h1-4,11H,10H2. The molecule has 11 heavy (non-hydrogen) atoms. The monoisotopic (exact) mass is 210 g/mol. The van der Waals surface area contributed by atoms with E-state index in [9.17, 15) is 0 Å². The number of nitrogens with one attached hydrogen (secondary N) is 1. The molecule has 0 fully saturated rings. The maximum absolute atomic E-state index is 5.75. The first kappa shape index (κ1) is 6.73. The summed E-state index contributed by atoms with van der Waals surface area (Å²) >= 11 is 3.41. The molecular weight excluding hydrogens is 204 g/mol. The third kappa shape index (κ3) is 0.922. The van der Waals surface area contributed by atoms with Crippen molar-refractivity contribution in [1.82, 2.24) is 4.98 Å². The van der Waals surface area contributed by atoms with E-state index in [2.05, 4.69) is 20.9 Å². The molecule has 2 rings (SSSR count). The van der Waals surface area contributed by atoms with Crippen LogP contribution in [0.2, 0.25) is 0 Å². The third-order valence-electron chi connectivity index (χ3n) is 1.69. The van der Waals surface area contributed by atoms with Crippen molar-refractivity contribution < 1.29 is 0 Å². The molecule has 3 heteroatoms. The van der Waals surface area contributed by atoms with E-state index in [1.807, 2.05) is 24.4 Å². The molecule has 3 N–H and O–H groups in total. The molecule has 2 nitrogen and oxygen atoms in total. The number of benzene rings is 1. The van der Waals surface area contributed by atoms with Crippen LogP contribution in [0.4, 0.5) is 5.69 Å². The number of hydrogen-bond donors (Lipinski definition) is 2. The Morgan fingerprint density at radius 2 is 2.18 bits per heavy atom. The molecule has 1 aromatic heterocycles. The summed E-state index contributed by atoms with van der Waals surface area (Å²) in [6.45, 7) is 0. The molecule has 0 aliphatic heterocycles. The minimum absolute atomic E-state index is 0.802. The van der Waals surface area contributed by atoms with E-state index >= 15 is 0 Å². The molecule has 1 heterocycles. The smallest absolute Gasteiger partial charge is 0.0486 e. The zero-order valence-electron chi connectivity index (χ0n) is 5.76. The van der Waals surface area contributed by atoms with Gasteiger partial charge in [-0.1, -0.05) is 6.07 Å². The number of aromatic amines is 1. The Morgan fingerprint density at radius 1 is 1.36 bits per heavy atom. The molecule has 0 saturated carbocycles. The van der Waals surface area contributed by atoms with Gasteiger partial charge in [-0.2, -0.15) is 0 Å². The van der Waals surface area contributed by atoms with Crippen LogP contribution in [0, 0.1) is 0 Å². The largest absolute Gasteiger partial charge is 0.398 e. The lowest BCUT2D eigenvalue weighted by Gasteiger charge is -1.94. The fourth-order valence-electron chi connectivity index (χ4n) is 1.17. The fourth-order valence-corrected chi connectivity index (χ4v) is 1.73. The molecular formula is C8H7BrN2. The lowest BCUT2D eigenvalue weighted by Crippen LogP contribution is -1.83. The van der Waals surface area contributed by atoms with Crippen LogP contribution in [0.5, 0.6) is 0 Å². The summed E-state index contributed by atoms with van der Waals surface area (Å²) in [7, 11) is 0. The topological polar surface area (TPSA) is 41.8 Å². The van der Waals surface area contributed by atoms with E-state index in [1.54, 1.807) is 0 Å². The normalized spacial score (nSPS) is 10.6. The quantitative estimate of drug-likeness (QED) is 0.646. The van der Waals surface area contributed by atoms with Crippen LogP contribution < -0.4 is 5.73 Å². The highest BCUT2D eigenvalue weighted by Crippen LogP contribution is 2.27. The minimum Gasteiger partial charge on any atom is -0.398 e. The zero-order chi connectivity index (χ0) is 7.84. The Kier molecular flexibility index (Phi) is 1.39. The zero-order valence-corrected chi connectivity index (χ0v) is 7.35. The van der Waals surface area contributed by atoms with Crippen LogP contribution in [0.3, 0.4) is 0 Å². The van der Waals surface area contributed by atoms with Gasteiger partial charge >= 0.3 is 0 Å². The highest BCUT2D eigenvalue weighted by atomic mass is 79.9. The van der Waals surface area contributed by atoms with Crippen molar-refractivity contribution in [3.63, 3.8) is 0 Å². The predicted octanol–water partition coefficient (Wildman–Crippen LogP) is 2.51. The lowest BCUT2D eigenvalue weighted by atomic mass is 10.2. The summed E-state index contributed by atoms with van der Waals surface area (Å²) < 4.78 is 1.02. The van der Waals surface area contributed by atoms with Gasteiger partial charge in [0.2, 0.25) is 0 Å². The van der Waals surface area contributed by atoms with Crippen molar-refractivity contribution >= 4 is 32.5 Å². The van der Waals surface area contributed by atoms with Crippen molar-refractivity contribution in [2.45, 2.75) is 0 Å². The molecule has 0 unspecified atom stereocenters. The van der Waals surface area contributed by atoms with Crippen LogP contribution in [0.15, 0.2) is 28.9 Å². The van der Waals surface area contributed by atoms with Crippen molar-refractivity contribution in [2.75, 3.05) is 5.73 Å². The number of hydrogen-bond acceptors (Lipinski definition) is 1. The van der Waals surface area contributed by atoms with Crippen LogP contribution in [-0.2, 0) is 0 Å². The van der Waals surface area contributed by atoms with Crippen LogP contribution in [0.25, 0.3) is 10.9 Å². The molecule has 1 aromatic carbocycles. The average Bonchev–Trinajstić information content (AvgIpc) is 2.34. The summed E-state index contributed by atoms with van der Waals surface area (Å²) in [6, 6.07) is 5.82. The Morgan fingerprint density at radius 3 is 2.91 bits per heavy atom. The summed E-state index contributed by atoms with van der Waals surface area (Å²) in [5, 5.41) is 1.06. The van der Waals surface area contributed by atoms with Crippen molar-refractivity contribution in [3.8, 4) is 0 Å². The lowest BCUT2D eigenvalue weighted by molar-refractivity contribution is 1.47. The Hall–Kier alpha value is -0.960. The van der Waals surface area contributed by atoms with Gasteiger partial charge in [-0.05, 0) is 28.1 Å². The summed E-state index contributed by atoms with van der Waals surface area (Å²) in [5.41, 5.74) is 7.62. The molecule has 0 radical (unpaired) electrons. The van der Waals surface area contributed by atoms with Gasteiger partial charge in [0, 0.05) is 27.3 Å². The SMILES string of the molecule is Nc1cccc2[nH]cc(Br)c12. The van der Waals surface area contributed by atoms with E-state index in [0.29, 0.717) is 0 Å². The maximum atomic E-state index is 5.75. The number of fused-ring (bicyclic) bond motifs is 1. The molecule has 0 amide bonds. The second-order valence-corrected chi connectivity index (χ2v) is 3.26. The van der Waals surface area contributed by atoms with Gasteiger partial charge in [-0.3, -0.25) is 0 Å². The number of nitrogens with two attached hydrogens (primary N) is 1. The molecule has 0 spiro atoms. The Balaban J connectivity index is 2.96. The number of aromatic nitrogens is 1. The van der Waals surface area contributed by atoms with E-state index in [0.717, 1.165) is 21.1 Å². The summed E-state index contributed by atoms with van der Waals surface area (Å²) in [5.74, 6) is 0. The number of anilines is 1. The van der Waals surface area contributed by atoms with Crippen molar-refractivity contribution in [3.05, 3.63) is 28.9 Å². The highest BCUT2D eigenvalue weighted by Gasteiger charge is 2.01. The number of rotatable bonds is 0. The van der Waals surface area contributed by atoms with Crippen molar-refractivity contribution in [2.24, 2.45) is 0 Å². The van der Waals surface area contributed by atoms with Gasteiger partial charge in [0.25, 0.3) is 0 Å². The van der Waals surface area contributed by atoms with Crippen LogP contribution in [0.1, 0.15) is 0 Å². The third-order valence-corrected chi connectivity index (χ3v) is 2.32. The Labute approximate surface area is 72.5 Å². The molecule has 2 aromatic rings. The number of nitrogen functional groups attached to an aromatic ring is 1. The van der Waals surface area contributed by atoms with Gasteiger partial charge in [0.15, 0.2) is 0 Å². The number of halogens is 1. The number of H-pyrrole nitrogens is 1. The second-order valence-electron chi connectivity index (χ2n) is 2.41. The second kappa shape index (κ2) is 2.27. The fraction of sp³-hybridized carbons (Fsp3) is 0. The Bertz CT molecular complexity index is 392. The first-order valence-corrected chi connectivity index (χ1v) is 4.09. The van der Waals surface area contributed by atoms with E-state index in [4.69, 9.17) is 5.73 Å². The minimum atomic E-state index is 0.802. The van der Waals surface area contributed by atoms with Gasteiger partial charge in [0.1, 0.15) is 0 Å². The van der Waals surface area contributed by atoms with E-state index in [1.165, 1.54) is 0 Å². The molecule has 0 aliphatic rings. The molecule has 0 bridgehead atoms. The van der Waals surface area contributed by atoms with Crippen molar-refractivity contribution in [1.29, 1.82) is 0 Å². The van der Waals surface area contributed by atoms with Gasteiger partial charge in [-0.15, -0.1) is 0 Å². The van der Waals surface area contributed by atoms with Crippen LogP contribution >= 0.6 is 15.9 Å². The summed E-state index contributed by atoms with van der Waals surface area (Å²) in [4.78, 5) is 3.10. The first-order valence-electron chi connectivity index (χ1n) is 3.30. The molecule has 0 saturated heterocycles. The maximum Gasteiger partial charge on any atom is 0.0486 e. The summed E-state index contributed by atoms with van der Waals surface area (Å²) in [6.07, 6.45) is 1.89. The highest BCUT2D eigenvalue weighted by molar-refractivity contribution is 9.10. The van der Waals surface area contributed by atoms with E-state index < -0.39 is 0 Å². The van der Waals surface area contributed by atoms with E-state index in [-0.39, 0.29) is 0 Å². The molecule has 0 atom stereocenters. The van der Waals surface area contributed by atoms with Gasteiger partial charge < -0.3 is 10.7 Å². The van der Waals surface area contributed by atoms with Gasteiger partial charge in [-0.25, -0.2) is 0 Å². The average molecular weight is 211 g/mol. The molecule has 0 aliphatic carbocycles. The van der Waals surface area contributed by atoms with Crippen LogP contribution in [-0.4, -0.2) is 4.98 Å². The predicted molar refractivity (Wildman–Crippen MR) is 50.4 cm³/mol. The first-order chi connectivity index (χ1) is 5.29. The molecule has 56 valence electrons.